The fourth-order valence-corrected chi connectivity index (χ4v) is 10.3. The molecule has 0 aromatic heterocycles. The number of nitrogens with zero attached hydrogens (tertiary/aromatic N) is 3. The SMILES string of the molecule is C=CCN(Cc1ccccc1)C(=O)[C@@H]1[C@H]2C(=O)N([C@@H](CC)CO)C(C(=O)N(CC=C)c3c(C)cccc3C)C23CC[C@@]1(C)S3. The molecule has 44 heavy (non-hydrogen) atoms. The van der Waals surface area contributed by atoms with Crippen molar-refractivity contribution in [1.29, 1.82) is 0 Å². The number of benzene rings is 2. The number of carbonyl (C=O) groups is 3. The van der Waals surface area contributed by atoms with Crippen LogP contribution < -0.4 is 4.90 Å². The molecule has 234 valence electrons. The lowest BCUT2D eigenvalue weighted by Gasteiger charge is -2.40. The maximum atomic E-state index is 15.0. The Bertz CT molecular complexity index is 1420. The number of hydrogen-bond donors (Lipinski definition) is 1. The van der Waals surface area contributed by atoms with Crippen LogP contribution in [0.3, 0.4) is 0 Å². The van der Waals surface area contributed by atoms with E-state index in [0.717, 1.165) is 28.8 Å². The molecule has 3 saturated heterocycles. The second-order valence-electron chi connectivity index (χ2n) is 12.7. The van der Waals surface area contributed by atoms with Gasteiger partial charge >= 0.3 is 0 Å². The minimum absolute atomic E-state index is 0.0773. The average molecular weight is 616 g/mol. The van der Waals surface area contributed by atoms with Crippen LogP contribution in [0, 0.1) is 25.7 Å². The zero-order chi connectivity index (χ0) is 31.8. The summed E-state index contributed by atoms with van der Waals surface area (Å²) in [5.41, 5.74) is 3.75. The molecule has 0 saturated carbocycles. The van der Waals surface area contributed by atoms with Crippen molar-refractivity contribution in [3.05, 3.63) is 90.5 Å². The maximum Gasteiger partial charge on any atom is 0.251 e. The molecule has 2 aromatic rings. The van der Waals surface area contributed by atoms with Crippen LogP contribution >= 0.6 is 11.8 Å². The molecule has 3 amide bonds. The second kappa shape index (κ2) is 12.6. The summed E-state index contributed by atoms with van der Waals surface area (Å²) in [6.07, 6.45) is 5.32. The molecular formula is C36H45N3O4S. The maximum absolute atomic E-state index is 15.0. The molecule has 2 aromatic carbocycles. The molecule has 5 rings (SSSR count). The second-order valence-corrected chi connectivity index (χ2v) is 14.6. The first-order valence-electron chi connectivity index (χ1n) is 15.6. The summed E-state index contributed by atoms with van der Waals surface area (Å²) in [4.78, 5) is 49.5. The van der Waals surface area contributed by atoms with Gasteiger partial charge in [0.2, 0.25) is 11.8 Å². The number of rotatable bonds is 12. The smallest absolute Gasteiger partial charge is 0.251 e. The Balaban J connectivity index is 1.61. The number of hydrogen-bond acceptors (Lipinski definition) is 5. The Hall–Kier alpha value is -3.36. The molecule has 3 aliphatic heterocycles. The summed E-state index contributed by atoms with van der Waals surface area (Å²) in [5, 5.41) is 10.5. The summed E-state index contributed by atoms with van der Waals surface area (Å²) >= 11 is 1.66. The van der Waals surface area contributed by atoms with E-state index in [-0.39, 0.29) is 30.9 Å². The summed E-state index contributed by atoms with van der Waals surface area (Å²) in [6.45, 7) is 16.7. The van der Waals surface area contributed by atoms with E-state index in [1.807, 2.05) is 69.3 Å². The number of para-hydroxylation sites is 1. The third kappa shape index (κ3) is 5.10. The molecule has 1 spiro atoms. The first-order valence-corrected chi connectivity index (χ1v) is 16.5. The third-order valence-corrected chi connectivity index (χ3v) is 11.9. The van der Waals surface area contributed by atoms with E-state index in [9.17, 15) is 19.5 Å². The number of aliphatic hydroxyl groups is 1. The highest BCUT2D eigenvalue weighted by Crippen LogP contribution is 2.72. The van der Waals surface area contributed by atoms with E-state index >= 15 is 0 Å². The molecule has 3 aliphatic rings. The molecule has 0 aliphatic carbocycles. The van der Waals surface area contributed by atoms with Crippen LogP contribution in [0.5, 0.6) is 0 Å². The van der Waals surface area contributed by atoms with Gasteiger partial charge in [0.15, 0.2) is 0 Å². The minimum atomic E-state index is -0.817. The van der Waals surface area contributed by atoms with E-state index < -0.39 is 33.4 Å². The van der Waals surface area contributed by atoms with Crippen molar-refractivity contribution < 1.29 is 19.5 Å². The van der Waals surface area contributed by atoms with Crippen molar-refractivity contribution in [3.63, 3.8) is 0 Å². The van der Waals surface area contributed by atoms with E-state index in [1.54, 1.807) is 38.6 Å². The van der Waals surface area contributed by atoms with Gasteiger partial charge in [-0.3, -0.25) is 14.4 Å². The van der Waals surface area contributed by atoms with Crippen molar-refractivity contribution in [2.24, 2.45) is 11.8 Å². The lowest BCUT2D eigenvalue weighted by molar-refractivity contribution is -0.146. The van der Waals surface area contributed by atoms with Crippen molar-refractivity contribution in [2.75, 3.05) is 24.6 Å². The molecule has 2 unspecified atom stereocenters. The number of thioether (sulfide) groups is 1. The first-order chi connectivity index (χ1) is 21.1. The molecule has 2 bridgehead atoms. The zero-order valence-electron chi connectivity index (χ0n) is 26.4. The number of aliphatic hydroxyl groups excluding tert-OH is 1. The predicted molar refractivity (Wildman–Crippen MR) is 177 cm³/mol. The fraction of sp³-hybridized carbons (Fsp3) is 0.472. The molecule has 8 heteroatoms. The highest BCUT2D eigenvalue weighted by molar-refractivity contribution is 8.02. The van der Waals surface area contributed by atoms with Crippen LogP contribution in [0.2, 0.25) is 0 Å². The van der Waals surface area contributed by atoms with Gasteiger partial charge in [-0.1, -0.05) is 67.6 Å². The quantitative estimate of drug-likeness (QED) is 0.329. The standard InChI is InChI=1S/C36H45N3O4S/c1-7-20-37(22-26-16-11-10-12-17-26)32(41)28-29-33(42)39(27(9-3)23-40)31(36(29)19-18-35(28,6)44-36)34(43)38(21-8-2)30-24(4)14-13-15-25(30)5/h7-8,10-17,27-29,31,40H,1-2,9,18-23H2,3-6H3/t27-,28-,29-,31?,35+,36?/m0/s1. The van der Waals surface area contributed by atoms with Gasteiger partial charge in [0.05, 0.1) is 29.2 Å². The summed E-state index contributed by atoms with van der Waals surface area (Å²) < 4.78 is -1.28. The van der Waals surface area contributed by atoms with E-state index in [4.69, 9.17) is 0 Å². The molecule has 3 heterocycles. The monoisotopic (exact) mass is 615 g/mol. The lowest BCUT2D eigenvalue weighted by Crippen LogP contribution is -2.57. The number of fused-ring (bicyclic) bond motifs is 1. The lowest BCUT2D eigenvalue weighted by atomic mass is 9.66. The van der Waals surface area contributed by atoms with Gasteiger partial charge in [-0.2, -0.15) is 0 Å². The molecule has 3 fully saturated rings. The Labute approximate surface area is 266 Å². The van der Waals surface area contributed by atoms with Crippen LogP contribution in [-0.2, 0) is 20.9 Å². The van der Waals surface area contributed by atoms with Crippen LogP contribution in [0.4, 0.5) is 5.69 Å². The fourth-order valence-electron chi connectivity index (χ4n) is 8.01. The van der Waals surface area contributed by atoms with Gasteiger partial charge in [-0.15, -0.1) is 24.9 Å². The number of amides is 3. The predicted octanol–water partition coefficient (Wildman–Crippen LogP) is 5.29. The first kappa shape index (κ1) is 32.0. The van der Waals surface area contributed by atoms with E-state index in [2.05, 4.69) is 20.1 Å². The molecule has 0 radical (unpaired) electrons. The van der Waals surface area contributed by atoms with Crippen LogP contribution in [0.15, 0.2) is 73.8 Å². The number of aryl methyl sites for hydroxylation is 2. The van der Waals surface area contributed by atoms with Crippen molar-refractivity contribution >= 4 is 35.2 Å². The Morgan fingerprint density at radius 2 is 1.70 bits per heavy atom. The highest BCUT2D eigenvalue weighted by Gasteiger charge is 2.78. The Morgan fingerprint density at radius 3 is 2.30 bits per heavy atom. The van der Waals surface area contributed by atoms with E-state index in [0.29, 0.717) is 25.9 Å². The third-order valence-electron chi connectivity index (χ3n) is 9.95. The average Bonchev–Trinajstić information content (AvgIpc) is 3.58. The van der Waals surface area contributed by atoms with Gasteiger partial charge in [0, 0.05) is 30.1 Å². The van der Waals surface area contributed by atoms with Gasteiger partial charge in [0.1, 0.15) is 6.04 Å². The molecule has 1 N–H and O–H groups in total. The summed E-state index contributed by atoms with van der Waals surface area (Å²) in [7, 11) is 0. The van der Waals surface area contributed by atoms with Crippen molar-refractivity contribution in [3.8, 4) is 0 Å². The van der Waals surface area contributed by atoms with E-state index in [1.165, 1.54) is 0 Å². The Morgan fingerprint density at radius 1 is 1.05 bits per heavy atom. The largest absolute Gasteiger partial charge is 0.394 e. The number of anilines is 1. The Kier molecular flexibility index (Phi) is 9.15. The van der Waals surface area contributed by atoms with Gasteiger partial charge in [0.25, 0.3) is 5.91 Å². The van der Waals surface area contributed by atoms with Crippen LogP contribution in [-0.4, -0.2) is 73.9 Å². The summed E-state index contributed by atoms with van der Waals surface area (Å²) in [6, 6.07) is 14.4. The van der Waals surface area contributed by atoms with Gasteiger partial charge < -0.3 is 19.8 Å². The van der Waals surface area contributed by atoms with Gasteiger partial charge in [-0.05, 0) is 56.7 Å². The zero-order valence-corrected chi connectivity index (χ0v) is 27.2. The van der Waals surface area contributed by atoms with Gasteiger partial charge in [-0.25, -0.2) is 0 Å². The molecule has 6 atom stereocenters. The van der Waals surface area contributed by atoms with Crippen LogP contribution in [0.1, 0.15) is 49.8 Å². The minimum Gasteiger partial charge on any atom is -0.394 e. The van der Waals surface area contributed by atoms with Crippen molar-refractivity contribution in [1.82, 2.24) is 9.80 Å². The van der Waals surface area contributed by atoms with Crippen LogP contribution in [0.25, 0.3) is 0 Å². The van der Waals surface area contributed by atoms with Crippen molar-refractivity contribution in [2.45, 2.75) is 75.1 Å². The number of likely N-dealkylation sites (tertiary alicyclic amines) is 1. The molecule has 7 nitrogen and oxygen atoms in total. The summed E-state index contributed by atoms with van der Waals surface area (Å²) in [5.74, 6) is -1.72. The highest BCUT2D eigenvalue weighted by atomic mass is 32.2. The number of carbonyl (C=O) groups excluding carboxylic acids is 3. The molecular weight excluding hydrogens is 570 g/mol. The normalized spacial score (nSPS) is 27.6. The topological polar surface area (TPSA) is 81.2 Å².